The van der Waals surface area contributed by atoms with Gasteiger partial charge in [0.1, 0.15) is 0 Å². The minimum atomic E-state index is 0.615. The fourth-order valence-corrected chi connectivity index (χ4v) is 1.77. The lowest BCUT2D eigenvalue weighted by atomic mass is 10.3. The third-order valence-corrected chi connectivity index (χ3v) is 2.61. The molecule has 3 aromatic rings. The molecule has 0 unspecified atom stereocenters. The Morgan fingerprint density at radius 1 is 1.11 bits per heavy atom. The molecule has 0 spiro atoms. The first-order chi connectivity index (χ1) is 8.81. The first-order valence-corrected chi connectivity index (χ1v) is 5.79. The number of hydrogen-bond acceptors (Lipinski definition) is 4. The van der Waals surface area contributed by atoms with E-state index < -0.39 is 0 Å². The molecule has 3 heterocycles. The SMILES string of the molecule is Cc1cccc(CNc2nc3ccccn3n2)n1. The largest absolute Gasteiger partial charge is 0.347 e. The Labute approximate surface area is 105 Å². The number of aryl methyl sites for hydroxylation is 1. The van der Waals surface area contributed by atoms with Gasteiger partial charge in [-0.1, -0.05) is 12.1 Å². The number of nitrogens with one attached hydrogen (secondary N) is 1. The van der Waals surface area contributed by atoms with E-state index in [1.165, 1.54) is 0 Å². The summed E-state index contributed by atoms with van der Waals surface area (Å²) in [6, 6.07) is 11.7. The molecule has 90 valence electrons. The van der Waals surface area contributed by atoms with Gasteiger partial charge in [0, 0.05) is 11.9 Å². The van der Waals surface area contributed by atoms with Crippen molar-refractivity contribution in [1.82, 2.24) is 19.6 Å². The van der Waals surface area contributed by atoms with Gasteiger partial charge in [0.2, 0.25) is 5.95 Å². The lowest BCUT2D eigenvalue weighted by Gasteiger charge is -2.01. The van der Waals surface area contributed by atoms with Crippen molar-refractivity contribution >= 4 is 11.6 Å². The molecule has 0 bridgehead atoms. The van der Waals surface area contributed by atoms with E-state index in [0.29, 0.717) is 12.5 Å². The summed E-state index contributed by atoms with van der Waals surface area (Å²) >= 11 is 0. The molecule has 0 aliphatic carbocycles. The fourth-order valence-electron chi connectivity index (χ4n) is 1.77. The van der Waals surface area contributed by atoms with Crippen LogP contribution in [0.5, 0.6) is 0 Å². The molecule has 0 fully saturated rings. The molecule has 0 radical (unpaired) electrons. The maximum atomic E-state index is 4.42. The maximum Gasteiger partial charge on any atom is 0.243 e. The van der Waals surface area contributed by atoms with Crippen LogP contribution in [0.15, 0.2) is 42.6 Å². The average molecular weight is 239 g/mol. The zero-order valence-electron chi connectivity index (χ0n) is 10.0. The molecular formula is C13H13N5. The Balaban J connectivity index is 1.76. The van der Waals surface area contributed by atoms with E-state index in [-0.39, 0.29) is 0 Å². The van der Waals surface area contributed by atoms with Crippen LogP contribution < -0.4 is 5.32 Å². The highest BCUT2D eigenvalue weighted by molar-refractivity contribution is 5.42. The van der Waals surface area contributed by atoms with E-state index >= 15 is 0 Å². The number of nitrogens with zero attached hydrogens (tertiary/aromatic N) is 4. The van der Waals surface area contributed by atoms with Crippen molar-refractivity contribution in [3.63, 3.8) is 0 Å². The second-order valence-electron chi connectivity index (χ2n) is 4.06. The van der Waals surface area contributed by atoms with Gasteiger partial charge in [-0.15, -0.1) is 5.10 Å². The van der Waals surface area contributed by atoms with Crippen molar-refractivity contribution in [2.45, 2.75) is 13.5 Å². The highest BCUT2D eigenvalue weighted by Crippen LogP contribution is 2.06. The first-order valence-electron chi connectivity index (χ1n) is 5.79. The molecule has 18 heavy (non-hydrogen) atoms. The van der Waals surface area contributed by atoms with Crippen LogP contribution in [-0.4, -0.2) is 19.6 Å². The van der Waals surface area contributed by atoms with Crippen LogP contribution in [0.1, 0.15) is 11.4 Å². The van der Waals surface area contributed by atoms with Crippen LogP contribution in [0.2, 0.25) is 0 Å². The Morgan fingerprint density at radius 3 is 2.89 bits per heavy atom. The van der Waals surface area contributed by atoms with Gasteiger partial charge in [-0.05, 0) is 31.2 Å². The maximum absolute atomic E-state index is 4.42. The molecule has 0 amide bonds. The first kappa shape index (κ1) is 10.7. The summed E-state index contributed by atoms with van der Waals surface area (Å²) in [5, 5.41) is 7.49. The number of aromatic nitrogens is 4. The Morgan fingerprint density at radius 2 is 2.06 bits per heavy atom. The molecule has 0 saturated heterocycles. The minimum absolute atomic E-state index is 0.615. The standard InChI is InChI=1S/C13H13N5/c1-10-5-4-6-11(15-10)9-14-13-16-12-7-2-3-8-18(12)17-13/h2-8H,9H2,1H3,(H,14,17). The van der Waals surface area contributed by atoms with Gasteiger partial charge in [-0.25, -0.2) is 4.52 Å². The zero-order chi connectivity index (χ0) is 12.4. The molecule has 0 aliphatic rings. The number of hydrogen-bond donors (Lipinski definition) is 1. The van der Waals surface area contributed by atoms with Gasteiger partial charge < -0.3 is 5.32 Å². The normalized spacial score (nSPS) is 10.7. The predicted octanol–water partition coefficient (Wildman–Crippen LogP) is 2.04. The van der Waals surface area contributed by atoms with Crippen LogP contribution in [0.3, 0.4) is 0 Å². The summed E-state index contributed by atoms with van der Waals surface area (Å²) in [6.07, 6.45) is 1.87. The van der Waals surface area contributed by atoms with Gasteiger partial charge >= 0.3 is 0 Å². The van der Waals surface area contributed by atoms with E-state index in [9.17, 15) is 0 Å². The van der Waals surface area contributed by atoms with Crippen LogP contribution in [0, 0.1) is 6.92 Å². The third-order valence-electron chi connectivity index (χ3n) is 2.61. The van der Waals surface area contributed by atoms with Crippen molar-refractivity contribution in [1.29, 1.82) is 0 Å². The van der Waals surface area contributed by atoms with Crippen molar-refractivity contribution in [3.8, 4) is 0 Å². The molecule has 5 heteroatoms. The van der Waals surface area contributed by atoms with E-state index in [4.69, 9.17) is 0 Å². The Kier molecular flexibility index (Phi) is 2.64. The molecular weight excluding hydrogens is 226 g/mol. The lowest BCUT2D eigenvalue weighted by Crippen LogP contribution is -2.03. The second-order valence-corrected chi connectivity index (χ2v) is 4.06. The quantitative estimate of drug-likeness (QED) is 0.760. The summed E-state index contributed by atoms with van der Waals surface area (Å²) in [7, 11) is 0. The van der Waals surface area contributed by atoms with Gasteiger partial charge in [-0.3, -0.25) is 4.98 Å². The minimum Gasteiger partial charge on any atom is -0.347 e. The van der Waals surface area contributed by atoms with E-state index in [1.807, 2.05) is 49.5 Å². The summed E-state index contributed by atoms with van der Waals surface area (Å²) < 4.78 is 1.74. The number of pyridine rings is 2. The molecule has 1 N–H and O–H groups in total. The smallest absolute Gasteiger partial charge is 0.243 e. The molecule has 0 aromatic carbocycles. The average Bonchev–Trinajstić information content (AvgIpc) is 2.79. The third kappa shape index (κ3) is 2.15. The van der Waals surface area contributed by atoms with Crippen LogP contribution >= 0.6 is 0 Å². The summed E-state index contributed by atoms with van der Waals surface area (Å²) in [6.45, 7) is 2.60. The van der Waals surface area contributed by atoms with Crippen LogP contribution in [0.25, 0.3) is 5.65 Å². The second kappa shape index (κ2) is 4.44. The topological polar surface area (TPSA) is 55.1 Å². The number of anilines is 1. The monoisotopic (exact) mass is 239 g/mol. The van der Waals surface area contributed by atoms with Crippen LogP contribution in [0.4, 0.5) is 5.95 Å². The van der Waals surface area contributed by atoms with Crippen LogP contribution in [-0.2, 0) is 6.54 Å². The Hall–Kier alpha value is -2.43. The van der Waals surface area contributed by atoms with E-state index in [2.05, 4.69) is 20.4 Å². The predicted molar refractivity (Wildman–Crippen MR) is 69.3 cm³/mol. The highest BCUT2D eigenvalue weighted by atomic mass is 15.3. The molecule has 0 atom stereocenters. The van der Waals surface area contributed by atoms with Gasteiger partial charge in [-0.2, -0.15) is 4.98 Å². The van der Waals surface area contributed by atoms with Gasteiger partial charge in [0.05, 0.1) is 12.2 Å². The van der Waals surface area contributed by atoms with Crippen molar-refractivity contribution < 1.29 is 0 Å². The summed E-state index contributed by atoms with van der Waals surface area (Å²) in [5.74, 6) is 0.615. The molecule has 5 nitrogen and oxygen atoms in total. The van der Waals surface area contributed by atoms with Crippen molar-refractivity contribution in [3.05, 3.63) is 54.0 Å². The van der Waals surface area contributed by atoms with E-state index in [0.717, 1.165) is 17.0 Å². The summed E-state index contributed by atoms with van der Waals surface area (Å²) in [4.78, 5) is 8.78. The molecule has 0 saturated carbocycles. The molecule has 3 aromatic heterocycles. The van der Waals surface area contributed by atoms with Crippen molar-refractivity contribution in [2.75, 3.05) is 5.32 Å². The molecule has 0 aliphatic heterocycles. The van der Waals surface area contributed by atoms with Gasteiger partial charge in [0.15, 0.2) is 5.65 Å². The number of fused-ring (bicyclic) bond motifs is 1. The van der Waals surface area contributed by atoms with E-state index in [1.54, 1.807) is 4.52 Å². The zero-order valence-corrected chi connectivity index (χ0v) is 10.0. The van der Waals surface area contributed by atoms with Crippen molar-refractivity contribution in [2.24, 2.45) is 0 Å². The fraction of sp³-hybridized carbons (Fsp3) is 0.154. The summed E-state index contributed by atoms with van der Waals surface area (Å²) in [5.41, 5.74) is 2.82. The Bertz CT molecular complexity index is 641. The highest BCUT2D eigenvalue weighted by Gasteiger charge is 2.02. The molecule has 3 rings (SSSR count). The number of rotatable bonds is 3. The van der Waals surface area contributed by atoms with Gasteiger partial charge in [0.25, 0.3) is 0 Å². The lowest BCUT2D eigenvalue weighted by molar-refractivity contribution is 0.938.